The Bertz CT molecular complexity index is 1020. The fourth-order valence-corrected chi connectivity index (χ4v) is 4.90. The Morgan fingerprint density at radius 2 is 1.42 bits per heavy atom. The van der Waals surface area contributed by atoms with E-state index in [1.165, 1.54) is 29.4 Å². The van der Waals surface area contributed by atoms with Gasteiger partial charge in [-0.25, -0.2) is 0 Å². The Morgan fingerprint density at radius 3 is 2.06 bits per heavy atom. The number of fused-ring (bicyclic) bond motifs is 2. The lowest BCUT2D eigenvalue weighted by Gasteiger charge is -2.14. The van der Waals surface area contributed by atoms with Gasteiger partial charge in [-0.15, -0.1) is 0 Å². The number of carbonyl (C=O) groups excluding carboxylic acids is 2. The number of amides is 1. The number of esters is 1. The highest BCUT2D eigenvalue weighted by molar-refractivity contribution is 5.76. The first-order valence-electron chi connectivity index (χ1n) is 12.9. The number of aryl methyl sites for hydroxylation is 2. The minimum atomic E-state index is -0.163. The monoisotopic (exact) mass is 496 g/mol. The van der Waals surface area contributed by atoms with Gasteiger partial charge >= 0.3 is 5.97 Å². The van der Waals surface area contributed by atoms with Crippen molar-refractivity contribution in [1.29, 1.82) is 0 Å². The highest BCUT2D eigenvalue weighted by Gasteiger charge is 2.24. The smallest absolute Gasteiger partial charge is 0.305 e. The zero-order chi connectivity index (χ0) is 25.9. The van der Waals surface area contributed by atoms with Gasteiger partial charge < -0.3 is 25.3 Å². The van der Waals surface area contributed by atoms with Crippen LogP contribution in [0.25, 0.3) is 0 Å². The van der Waals surface area contributed by atoms with Crippen molar-refractivity contribution in [2.75, 3.05) is 21.3 Å². The van der Waals surface area contributed by atoms with Crippen LogP contribution in [0, 0.1) is 0 Å². The highest BCUT2D eigenvalue weighted by atomic mass is 16.5. The maximum Gasteiger partial charge on any atom is 0.305 e. The summed E-state index contributed by atoms with van der Waals surface area (Å²) in [7, 11) is 4.77. The molecule has 2 aliphatic rings. The van der Waals surface area contributed by atoms with Gasteiger partial charge in [0, 0.05) is 18.9 Å². The first-order valence-corrected chi connectivity index (χ1v) is 12.9. The summed E-state index contributed by atoms with van der Waals surface area (Å²) in [6, 6.07) is 12.6. The SMILES string of the molecule is COC(=O)CCCCCCC(=O)NC1CCc2cc(OC)ccc21.COc1ccc2c(c1)CCC2N. The highest BCUT2D eigenvalue weighted by Crippen LogP contribution is 2.34. The molecule has 2 atom stereocenters. The fraction of sp³-hybridized carbons (Fsp3) is 0.517. The second-order valence-electron chi connectivity index (χ2n) is 9.42. The lowest BCUT2D eigenvalue weighted by molar-refractivity contribution is -0.140. The van der Waals surface area contributed by atoms with Gasteiger partial charge in [0.15, 0.2) is 0 Å². The van der Waals surface area contributed by atoms with Crippen molar-refractivity contribution in [2.24, 2.45) is 5.73 Å². The molecule has 2 aromatic rings. The summed E-state index contributed by atoms with van der Waals surface area (Å²) in [5.74, 6) is 1.75. The fourth-order valence-electron chi connectivity index (χ4n) is 4.90. The molecule has 196 valence electrons. The van der Waals surface area contributed by atoms with Gasteiger partial charge in [-0.1, -0.05) is 25.0 Å². The molecule has 4 rings (SSSR count). The molecule has 0 heterocycles. The van der Waals surface area contributed by atoms with Gasteiger partial charge in [0.1, 0.15) is 11.5 Å². The van der Waals surface area contributed by atoms with Crippen molar-refractivity contribution in [1.82, 2.24) is 5.32 Å². The Hall–Kier alpha value is -3.06. The Balaban J connectivity index is 0.000000249. The lowest BCUT2D eigenvalue weighted by Crippen LogP contribution is -2.26. The number of carbonyl (C=O) groups is 2. The largest absolute Gasteiger partial charge is 0.497 e. The van der Waals surface area contributed by atoms with Gasteiger partial charge in [-0.3, -0.25) is 9.59 Å². The summed E-state index contributed by atoms with van der Waals surface area (Å²) in [6.07, 6.45) is 8.69. The number of hydrogen-bond donors (Lipinski definition) is 2. The molecule has 2 unspecified atom stereocenters. The maximum atomic E-state index is 12.1. The van der Waals surface area contributed by atoms with E-state index in [0.29, 0.717) is 12.8 Å². The summed E-state index contributed by atoms with van der Waals surface area (Å²) in [5, 5.41) is 3.14. The number of hydrogen-bond acceptors (Lipinski definition) is 6. The summed E-state index contributed by atoms with van der Waals surface area (Å²) in [5.41, 5.74) is 11.0. The molecular formula is C29H40N2O5. The van der Waals surface area contributed by atoms with Gasteiger partial charge in [-0.05, 0) is 85.0 Å². The molecule has 1 amide bonds. The number of ether oxygens (including phenoxy) is 3. The van der Waals surface area contributed by atoms with Gasteiger partial charge in [0.05, 0.1) is 27.4 Å². The van der Waals surface area contributed by atoms with E-state index in [0.717, 1.165) is 62.9 Å². The van der Waals surface area contributed by atoms with E-state index in [4.69, 9.17) is 15.2 Å². The van der Waals surface area contributed by atoms with Crippen LogP contribution in [0.5, 0.6) is 11.5 Å². The molecule has 7 nitrogen and oxygen atoms in total. The first kappa shape index (κ1) is 27.5. The molecule has 0 saturated heterocycles. The summed E-state index contributed by atoms with van der Waals surface area (Å²) in [4.78, 5) is 23.1. The van der Waals surface area contributed by atoms with Gasteiger partial charge in [0.2, 0.25) is 5.91 Å². The van der Waals surface area contributed by atoms with Crippen molar-refractivity contribution >= 4 is 11.9 Å². The molecule has 2 aliphatic carbocycles. The third-order valence-corrected chi connectivity index (χ3v) is 7.00. The molecule has 7 heteroatoms. The van der Waals surface area contributed by atoms with Crippen molar-refractivity contribution in [2.45, 2.75) is 76.3 Å². The van der Waals surface area contributed by atoms with Crippen LogP contribution in [0.3, 0.4) is 0 Å². The zero-order valence-electron chi connectivity index (χ0n) is 21.8. The van der Waals surface area contributed by atoms with Crippen molar-refractivity contribution in [3.63, 3.8) is 0 Å². The van der Waals surface area contributed by atoms with Crippen LogP contribution in [-0.2, 0) is 27.2 Å². The number of nitrogens with one attached hydrogen (secondary N) is 1. The van der Waals surface area contributed by atoms with E-state index in [1.807, 2.05) is 12.1 Å². The van der Waals surface area contributed by atoms with Crippen LogP contribution in [0.2, 0.25) is 0 Å². The van der Waals surface area contributed by atoms with E-state index in [9.17, 15) is 9.59 Å². The molecule has 0 radical (unpaired) electrons. The molecule has 0 saturated carbocycles. The quantitative estimate of drug-likeness (QED) is 0.356. The van der Waals surface area contributed by atoms with Crippen LogP contribution in [0.1, 0.15) is 85.7 Å². The average molecular weight is 497 g/mol. The third kappa shape index (κ3) is 7.72. The van der Waals surface area contributed by atoms with Crippen molar-refractivity contribution in [3.05, 3.63) is 58.7 Å². The molecule has 0 aromatic heterocycles. The number of benzene rings is 2. The molecule has 0 aliphatic heterocycles. The van der Waals surface area contributed by atoms with Crippen LogP contribution in [-0.4, -0.2) is 33.2 Å². The summed E-state index contributed by atoms with van der Waals surface area (Å²) >= 11 is 0. The van der Waals surface area contributed by atoms with E-state index in [2.05, 4.69) is 34.3 Å². The molecule has 0 fully saturated rings. The van der Waals surface area contributed by atoms with Crippen LogP contribution >= 0.6 is 0 Å². The van der Waals surface area contributed by atoms with Crippen molar-refractivity contribution < 1.29 is 23.8 Å². The van der Waals surface area contributed by atoms with Gasteiger partial charge in [-0.2, -0.15) is 0 Å². The number of methoxy groups -OCH3 is 3. The van der Waals surface area contributed by atoms with Crippen LogP contribution in [0.4, 0.5) is 0 Å². The third-order valence-electron chi connectivity index (χ3n) is 7.00. The number of nitrogens with two attached hydrogens (primary N) is 1. The summed E-state index contributed by atoms with van der Waals surface area (Å²) in [6.45, 7) is 0. The average Bonchev–Trinajstić information content (AvgIpc) is 3.48. The second-order valence-corrected chi connectivity index (χ2v) is 9.42. The maximum absolute atomic E-state index is 12.1. The van der Waals surface area contributed by atoms with Gasteiger partial charge in [0.25, 0.3) is 0 Å². The zero-order valence-corrected chi connectivity index (χ0v) is 21.8. The van der Waals surface area contributed by atoms with E-state index >= 15 is 0 Å². The molecule has 0 spiro atoms. The van der Waals surface area contributed by atoms with E-state index < -0.39 is 0 Å². The molecule has 2 aromatic carbocycles. The standard InChI is InChI=1S/C19H27NO4.C10H13NO/c1-23-15-10-11-16-14(13-15)9-12-17(16)20-18(21)7-5-3-4-6-8-19(22)24-2;1-12-8-3-4-9-7(6-8)2-5-10(9)11/h10-11,13,17H,3-9,12H2,1-2H3,(H,20,21);3-4,6,10H,2,5,11H2,1H3. The second kappa shape index (κ2) is 13.9. The Labute approximate surface area is 214 Å². The number of rotatable bonds is 10. The minimum Gasteiger partial charge on any atom is -0.497 e. The van der Waals surface area contributed by atoms with E-state index in [-0.39, 0.29) is 24.0 Å². The van der Waals surface area contributed by atoms with E-state index in [1.54, 1.807) is 14.2 Å². The Kier molecular flexibility index (Phi) is 10.6. The topological polar surface area (TPSA) is 99.9 Å². The lowest BCUT2D eigenvalue weighted by atomic mass is 10.1. The van der Waals surface area contributed by atoms with Crippen molar-refractivity contribution in [3.8, 4) is 11.5 Å². The number of unbranched alkanes of at least 4 members (excludes halogenated alkanes) is 3. The molecule has 36 heavy (non-hydrogen) atoms. The predicted octanol–water partition coefficient (Wildman–Crippen LogP) is 4.95. The Morgan fingerprint density at radius 1 is 0.833 bits per heavy atom. The molecular weight excluding hydrogens is 456 g/mol. The minimum absolute atomic E-state index is 0.108. The molecule has 0 bridgehead atoms. The first-order chi connectivity index (χ1) is 17.4. The van der Waals surface area contributed by atoms with Crippen LogP contribution < -0.4 is 20.5 Å². The summed E-state index contributed by atoms with van der Waals surface area (Å²) < 4.78 is 15.0. The van der Waals surface area contributed by atoms with Crippen LogP contribution in [0.15, 0.2) is 36.4 Å². The normalized spacial score (nSPS) is 17.3. The molecule has 3 N–H and O–H groups in total. The predicted molar refractivity (Wildman–Crippen MR) is 140 cm³/mol.